The van der Waals surface area contributed by atoms with Crippen LogP contribution in [0.2, 0.25) is 0 Å². The Bertz CT molecular complexity index is 1090. The number of ether oxygens (including phenoxy) is 2. The SMILES string of the molecule is COC(=O)c1c(COc2ccc(C=O)cc2[N+](=O)[O-])nc2ccccc2c1C. The van der Waals surface area contributed by atoms with Crippen molar-refractivity contribution in [2.24, 2.45) is 0 Å². The molecule has 0 aliphatic carbocycles. The number of nitro benzene ring substituents is 1. The molecule has 0 atom stereocenters. The average Bonchev–Trinajstić information content (AvgIpc) is 2.71. The lowest BCUT2D eigenvalue weighted by Gasteiger charge is -2.14. The summed E-state index contributed by atoms with van der Waals surface area (Å²) in [4.78, 5) is 38.3. The summed E-state index contributed by atoms with van der Waals surface area (Å²) in [7, 11) is 1.27. The van der Waals surface area contributed by atoms with Crippen molar-refractivity contribution >= 4 is 28.8 Å². The van der Waals surface area contributed by atoms with Gasteiger partial charge >= 0.3 is 11.7 Å². The third-order valence-corrected chi connectivity index (χ3v) is 4.30. The van der Waals surface area contributed by atoms with Crippen molar-refractivity contribution < 1.29 is 24.0 Å². The number of aldehydes is 1. The lowest BCUT2D eigenvalue weighted by Crippen LogP contribution is -2.13. The number of para-hydroxylation sites is 1. The molecule has 0 saturated carbocycles. The number of carbonyl (C=O) groups is 2. The predicted molar refractivity (Wildman–Crippen MR) is 101 cm³/mol. The van der Waals surface area contributed by atoms with E-state index in [0.29, 0.717) is 23.1 Å². The number of fused-ring (bicyclic) bond motifs is 1. The number of hydrogen-bond acceptors (Lipinski definition) is 7. The largest absolute Gasteiger partial charge is 0.480 e. The van der Waals surface area contributed by atoms with Crippen LogP contribution in [0.5, 0.6) is 5.75 Å². The Morgan fingerprint density at radius 1 is 1.25 bits per heavy atom. The minimum absolute atomic E-state index is 0.0287. The van der Waals surface area contributed by atoms with E-state index in [1.165, 1.54) is 19.2 Å². The maximum atomic E-state index is 12.3. The van der Waals surface area contributed by atoms with Crippen LogP contribution in [0.15, 0.2) is 42.5 Å². The number of nitrogens with zero attached hydrogens (tertiary/aromatic N) is 2. The van der Waals surface area contributed by atoms with Gasteiger partial charge in [-0.05, 0) is 30.7 Å². The molecule has 3 rings (SSSR count). The number of nitro groups is 1. The fourth-order valence-electron chi connectivity index (χ4n) is 2.94. The van der Waals surface area contributed by atoms with Crippen molar-refractivity contribution in [2.75, 3.05) is 7.11 Å². The highest BCUT2D eigenvalue weighted by Crippen LogP contribution is 2.30. The summed E-state index contributed by atoms with van der Waals surface area (Å²) in [5.74, 6) is -0.598. The topological polar surface area (TPSA) is 109 Å². The van der Waals surface area contributed by atoms with Gasteiger partial charge in [-0.2, -0.15) is 0 Å². The van der Waals surface area contributed by atoms with Crippen molar-refractivity contribution in [3.8, 4) is 5.75 Å². The Hall–Kier alpha value is -3.81. The first-order valence-electron chi connectivity index (χ1n) is 8.29. The molecule has 28 heavy (non-hydrogen) atoms. The quantitative estimate of drug-likeness (QED) is 0.278. The van der Waals surface area contributed by atoms with Gasteiger partial charge in [0.1, 0.15) is 12.9 Å². The van der Waals surface area contributed by atoms with E-state index < -0.39 is 10.9 Å². The van der Waals surface area contributed by atoms with Crippen LogP contribution < -0.4 is 4.74 Å². The Labute approximate surface area is 159 Å². The van der Waals surface area contributed by atoms with Crippen molar-refractivity contribution in [3.63, 3.8) is 0 Å². The van der Waals surface area contributed by atoms with Gasteiger partial charge in [-0.1, -0.05) is 18.2 Å². The van der Waals surface area contributed by atoms with Crippen LogP contribution in [0.3, 0.4) is 0 Å². The van der Waals surface area contributed by atoms with E-state index in [1.807, 2.05) is 18.2 Å². The fourth-order valence-corrected chi connectivity index (χ4v) is 2.94. The summed E-state index contributed by atoms with van der Waals surface area (Å²) in [5, 5.41) is 12.1. The molecule has 2 aromatic carbocycles. The third-order valence-electron chi connectivity index (χ3n) is 4.30. The highest BCUT2D eigenvalue weighted by molar-refractivity contribution is 5.98. The van der Waals surface area contributed by atoms with Crippen LogP contribution in [0, 0.1) is 17.0 Å². The van der Waals surface area contributed by atoms with Gasteiger partial charge < -0.3 is 9.47 Å². The van der Waals surface area contributed by atoms with Gasteiger partial charge in [0.2, 0.25) is 0 Å². The zero-order chi connectivity index (χ0) is 20.3. The van der Waals surface area contributed by atoms with E-state index >= 15 is 0 Å². The number of rotatable bonds is 6. The van der Waals surface area contributed by atoms with E-state index in [-0.39, 0.29) is 29.2 Å². The summed E-state index contributed by atoms with van der Waals surface area (Å²) in [6.45, 7) is 1.60. The van der Waals surface area contributed by atoms with Crippen LogP contribution in [-0.4, -0.2) is 29.3 Å². The molecule has 8 heteroatoms. The first kappa shape index (κ1) is 19.0. The fraction of sp³-hybridized carbons (Fsp3) is 0.150. The molecule has 0 N–H and O–H groups in total. The summed E-state index contributed by atoms with van der Waals surface area (Å²) in [6.07, 6.45) is 0.514. The van der Waals surface area contributed by atoms with Crippen molar-refractivity contribution in [1.29, 1.82) is 0 Å². The van der Waals surface area contributed by atoms with Gasteiger partial charge in [0.05, 0.1) is 28.8 Å². The van der Waals surface area contributed by atoms with Gasteiger partial charge in [-0.3, -0.25) is 14.9 Å². The van der Waals surface area contributed by atoms with Gasteiger partial charge in [0.25, 0.3) is 0 Å². The number of esters is 1. The number of benzene rings is 2. The summed E-state index contributed by atoms with van der Waals surface area (Å²) >= 11 is 0. The average molecular weight is 380 g/mol. The molecular formula is C20H16N2O6. The molecular weight excluding hydrogens is 364 g/mol. The maximum absolute atomic E-state index is 12.3. The molecule has 0 saturated heterocycles. The second-order valence-electron chi connectivity index (χ2n) is 5.96. The smallest absolute Gasteiger partial charge is 0.340 e. The summed E-state index contributed by atoms with van der Waals surface area (Å²) in [5.41, 5.74) is 1.72. The third kappa shape index (κ3) is 3.52. The van der Waals surface area contributed by atoms with E-state index in [0.717, 1.165) is 11.5 Å². The number of carbonyl (C=O) groups excluding carboxylic acids is 2. The standard InChI is InChI=1S/C20H16N2O6/c1-12-14-5-3-4-6-15(14)21-16(19(12)20(24)27-2)11-28-18-8-7-13(10-23)9-17(18)22(25)26/h3-10H,11H2,1-2H3. The zero-order valence-corrected chi connectivity index (χ0v) is 15.2. The van der Waals surface area contributed by atoms with Crippen LogP contribution in [0.25, 0.3) is 10.9 Å². The van der Waals surface area contributed by atoms with Crippen molar-refractivity contribution in [2.45, 2.75) is 13.5 Å². The van der Waals surface area contributed by atoms with E-state index in [2.05, 4.69) is 4.98 Å². The van der Waals surface area contributed by atoms with Crippen LogP contribution in [0.4, 0.5) is 5.69 Å². The monoisotopic (exact) mass is 380 g/mol. The number of hydrogen-bond donors (Lipinski definition) is 0. The Balaban J connectivity index is 2.04. The number of aryl methyl sites for hydroxylation is 1. The lowest BCUT2D eigenvalue weighted by molar-refractivity contribution is -0.386. The number of aromatic nitrogens is 1. The molecule has 0 unspecified atom stereocenters. The number of pyridine rings is 1. The van der Waals surface area contributed by atoms with Crippen molar-refractivity contribution in [1.82, 2.24) is 4.98 Å². The van der Waals surface area contributed by atoms with Crippen LogP contribution in [0.1, 0.15) is 32.0 Å². The Morgan fingerprint density at radius 3 is 2.68 bits per heavy atom. The zero-order valence-electron chi connectivity index (χ0n) is 15.2. The minimum atomic E-state index is -0.636. The number of methoxy groups -OCH3 is 1. The van der Waals surface area contributed by atoms with E-state index in [9.17, 15) is 19.7 Å². The second kappa shape index (κ2) is 7.83. The molecule has 0 fully saturated rings. The maximum Gasteiger partial charge on any atom is 0.340 e. The lowest BCUT2D eigenvalue weighted by atomic mass is 10.0. The van der Waals surface area contributed by atoms with E-state index in [1.54, 1.807) is 13.0 Å². The minimum Gasteiger partial charge on any atom is -0.480 e. The molecule has 3 aromatic rings. The van der Waals surface area contributed by atoms with Crippen LogP contribution in [-0.2, 0) is 11.3 Å². The summed E-state index contributed by atoms with van der Waals surface area (Å²) in [6, 6.07) is 11.2. The highest BCUT2D eigenvalue weighted by Gasteiger charge is 2.22. The van der Waals surface area contributed by atoms with Gasteiger partial charge in [-0.25, -0.2) is 9.78 Å². The van der Waals surface area contributed by atoms with Gasteiger partial charge in [0.15, 0.2) is 5.75 Å². The summed E-state index contributed by atoms with van der Waals surface area (Å²) < 4.78 is 10.5. The molecule has 1 aromatic heterocycles. The normalized spacial score (nSPS) is 10.5. The molecule has 0 spiro atoms. The predicted octanol–water partition coefficient (Wildman–Crippen LogP) is 3.63. The molecule has 0 bridgehead atoms. The molecule has 0 amide bonds. The molecule has 0 aliphatic heterocycles. The van der Waals surface area contributed by atoms with E-state index in [4.69, 9.17) is 9.47 Å². The first-order valence-corrected chi connectivity index (χ1v) is 8.29. The van der Waals surface area contributed by atoms with Crippen LogP contribution >= 0.6 is 0 Å². The van der Waals surface area contributed by atoms with Crippen molar-refractivity contribution in [3.05, 3.63) is 75.0 Å². The van der Waals surface area contributed by atoms with Gasteiger partial charge in [-0.15, -0.1) is 0 Å². The molecule has 142 valence electrons. The van der Waals surface area contributed by atoms with Gasteiger partial charge in [0, 0.05) is 17.0 Å². The first-order chi connectivity index (χ1) is 13.5. The molecule has 1 heterocycles. The molecule has 0 aliphatic rings. The Kier molecular flexibility index (Phi) is 5.30. The second-order valence-corrected chi connectivity index (χ2v) is 5.96. The molecule has 8 nitrogen and oxygen atoms in total. The molecule has 0 radical (unpaired) electrons. The Morgan fingerprint density at radius 2 is 2.00 bits per heavy atom. The highest BCUT2D eigenvalue weighted by atomic mass is 16.6.